The van der Waals surface area contributed by atoms with Gasteiger partial charge in [-0.1, -0.05) is 12.8 Å². The van der Waals surface area contributed by atoms with Crippen LogP contribution in [-0.2, 0) is 13.6 Å². The normalized spacial score (nSPS) is 29.4. The van der Waals surface area contributed by atoms with Crippen molar-refractivity contribution in [1.82, 2.24) is 19.6 Å². The first-order chi connectivity index (χ1) is 10.2. The Morgan fingerprint density at radius 1 is 1.14 bits per heavy atom. The monoisotopic (exact) mass is 292 g/mol. The summed E-state index contributed by atoms with van der Waals surface area (Å²) >= 11 is 0. The van der Waals surface area contributed by atoms with E-state index in [-0.39, 0.29) is 6.10 Å². The van der Waals surface area contributed by atoms with Gasteiger partial charge in [0, 0.05) is 44.5 Å². The third-order valence-corrected chi connectivity index (χ3v) is 4.95. The molecule has 0 amide bonds. The summed E-state index contributed by atoms with van der Waals surface area (Å²) in [4.78, 5) is 5.05. The molecule has 1 aromatic rings. The van der Waals surface area contributed by atoms with Gasteiger partial charge in [0.2, 0.25) is 0 Å². The Balaban J connectivity index is 1.53. The number of aryl methyl sites for hydroxylation is 1. The molecule has 0 unspecified atom stereocenters. The standard InChI is InChI=1S/C16H28N4O/c1-18-12-14(11-17-18)13-19-7-4-8-20(10-9-19)15-5-2-3-6-16(15)21/h11-12,15-16,21H,2-10,13H2,1H3/t15-,16-/m1/s1. The van der Waals surface area contributed by atoms with Crippen molar-refractivity contribution in [2.45, 2.75) is 50.8 Å². The zero-order valence-electron chi connectivity index (χ0n) is 13.1. The molecule has 2 aliphatic rings. The minimum atomic E-state index is -0.108. The van der Waals surface area contributed by atoms with E-state index in [0.717, 1.165) is 39.1 Å². The molecule has 5 heteroatoms. The van der Waals surface area contributed by atoms with Gasteiger partial charge in [0.25, 0.3) is 0 Å². The van der Waals surface area contributed by atoms with Crippen LogP contribution in [-0.4, -0.2) is 63.0 Å². The highest BCUT2D eigenvalue weighted by atomic mass is 16.3. The van der Waals surface area contributed by atoms with E-state index in [4.69, 9.17) is 0 Å². The maximum atomic E-state index is 10.3. The number of hydrogen-bond acceptors (Lipinski definition) is 4. The van der Waals surface area contributed by atoms with Crippen molar-refractivity contribution in [2.75, 3.05) is 26.2 Å². The van der Waals surface area contributed by atoms with E-state index in [1.807, 2.05) is 17.9 Å². The van der Waals surface area contributed by atoms with Gasteiger partial charge in [-0.15, -0.1) is 0 Å². The second-order valence-corrected chi connectivity index (χ2v) is 6.61. The lowest BCUT2D eigenvalue weighted by Crippen LogP contribution is -2.46. The van der Waals surface area contributed by atoms with E-state index < -0.39 is 0 Å². The molecule has 3 rings (SSSR count). The number of aromatic nitrogens is 2. The first-order valence-corrected chi connectivity index (χ1v) is 8.34. The largest absolute Gasteiger partial charge is 0.391 e. The van der Waals surface area contributed by atoms with Gasteiger partial charge < -0.3 is 5.11 Å². The lowest BCUT2D eigenvalue weighted by Gasteiger charge is -2.37. The van der Waals surface area contributed by atoms with Crippen LogP contribution in [0.3, 0.4) is 0 Å². The van der Waals surface area contributed by atoms with E-state index in [0.29, 0.717) is 6.04 Å². The van der Waals surface area contributed by atoms with Crippen LogP contribution in [0.15, 0.2) is 12.4 Å². The zero-order valence-corrected chi connectivity index (χ0v) is 13.1. The van der Waals surface area contributed by atoms with Crippen molar-refractivity contribution in [3.05, 3.63) is 18.0 Å². The summed E-state index contributed by atoms with van der Waals surface area (Å²) in [6, 6.07) is 0.400. The van der Waals surface area contributed by atoms with Crippen LogP contribution in [0.4, 0.5) is 0 Å². The van der Waals surface area contributed by atoms with Crippen molar-refractivity contribution in [3.8, 4) is 0 Å². The molecule has 0 radical (unpaired) electrons. The van der Waals surface area contributed by atoms with Crippen LogP contribution in [0.25, 0.3) is 0 Å². The van der Waals surface area contributed by atoms with Gasteiger partial charge in [-0.3, -0.25) is 14.5 Å². The Morgan fingerprint density at radius 2 is 2.00 bits per heavy atom. The van der Waals surface area contributed by atoms with Crippen molar-refractivity contribution in [2.24, 2.45) is 7.05 Å². The second kappa shape index (κ2) is 6.90. The fourth-order valence-electron chi connectivity index (χ4n) is 3.81. The van der Waals surface area contributed by atoms with E-state index >= 15 is 0 Å². The molecule has 1 aliphatic carbocycles. The molecule has 2 heterocycles. The number of nitrogens with zero attached hydrogens (tertiary/aromatic N) is 4. The average molecular weight is 292 g/mol. The van der Waals surface area contributed by atoms with Gasteiger partial charge in [-0.2, -0.15) is 5.10 Å². The van der Waals surface area contributed by atoms with Crippen molar-refractivity contribution in [3.63, 3.8) is 0 Å². The topological polar surface area (TPSA) is 44.5 Å². The Kier molecular flexibility index (Phi) is 4.93. The molecule has 2 fully saturated rings. The zero-order chi connectivity index (χ0) is 14.7. The SMILES string of the molecule is Cn1cc(CN2CCCN([C@@H]3CCCC[C@H]3O)CC2)cn1. The molecule has 118 valence electrons. The first-order valence-electron chi connectivity index (χ1n) is 8.34. The summed E-state index contributed by atoms with van der Waals surface area (Å²) in [5.41, 5.74) is 1.30. The van der Waals surface area contributed by atoms with Crippen LogP contribution in [0.1, 0.15) is 37.7 Å². The highest BCUT2D eigenvalue weighted by molar-refractivity contribution is 5.03. The van der Waals surface area contributed by atoms with Gasteiger partial charge in [0.05, 0.1) is 12.3 Å². The summed E-state index contributed by atoms with van der Waals surface area (Å²) in [6.07, 6.45) is 9.79. The smallest absolute Gasteiger partial charge is 0.0695 e. The minimum absolute atomic E-state index is 0.108. The molecular formula is C16H28N4O. The predicted octanol–water partition coefficient (Wildman–Crippen LogP) is 1.23. The third-order valence-electron chi connectivity index (χ3n) is 4.95. The Labute approximate surface area is 127 Å². The van der Waals surface area contributed by atoms with Crippen LogP contribution in [0, 0.1) is 0 Å². The molecule has 0 aromatic carbocycles. The fraction of sp³-hybridized carbons (Fsp3) is 0.812. The van der Waals surface area contributed by atoms with E-state index in [9.17, 15) is 5.11 Å². The summed E-state index contributed by atoms with van der Waals surface area (Å²) in [6.45, 7) is 5.45. The first kappa shape index (κ1) is 15.0. The third kappa shape index (κ3) is 3.84. The minimum Gasteiger partial charge on any atom is -0.391 e. The van der Waals surface area contributed by atoms with Gasteiger partial charge in [0.1, 0.15) is 0 Å². The summed E-state index contributed by atoms with van der Waals surface area (Å²) in [5.74, 6) is 0. The lowest BCUT2D eigenvalue weighted by atomic mass is 9.91. The van der Waals surface area contributed by atoms with Crippen LogP contribution in [0.2, 0.25) is 0 Å². The van der Waals surface area contributed by atoms with E-state index in [1.54, 1.807) is 0 Å². The van der Waals surface area contributed by atoms with Crippen LogP contribution < -0.4 is 0 Å². The van der Waals surface area contributed by atoms with Gasteiger partial charge in [-0.05, 0) is 32.4 Å². The second-order valence-electron chi connectivity index (χ2n) is 6.61. The fourth-order valence-corrected chi connectivity index (χ4v) is 3.81. The van der Waals surface area contributed by atoms with Crippen LogP contribution in [0.5, 0.6) is 0 Å². The number of aliphatic hydroxyl groups excluding tert-OH is 1. The molecule has 1 saturated carbocycles. The van der Waals surface area contributed by atoms with Crippen molar-refractivity contribution < 1.29 is 5.11 Å². The predicted molar refractivity (Wildman–Crippen MR) is 82.9 cm³/mol. The Morgan fingerprint density at radius 3 is 2.76 bits per heavy atom. The maximum Gasteiger partial charge on any atom is 0.0695 e. The average Bonchev–Trinajstić information content (AvgIpc) is 2.74. The van der Waals surface area contributed by atoms with Gasteiger partial charge in [0.15, 0.2) is 0 Å². The highest BCUT2D eigenvalue weighted by Crippen LogP contribution is 2.24. The van der Waals surface area contributed by atoms with Crippen molar-refractivity contribution >= 4 is 0 Å². The molecule has 2 atom stereocenters. The highest BCUT2D eigenvalue weighted by Gasteiger charge is 2.29. The molecule has 0 spiro atoms. The Hall–Kier alpha value is -0.910. The van der Waals surface area contributed by atoms with Crippen LogP contribution >= 0.6 is 0 Å². The number of aliphatic hydroxyl groups is 1. The van der Waals surface area contributed by atoms with E-state index in [1.165, 1.54) is 31.2 Å². The quantitative estimate of drug-likeness (QED) is 0.910. The number of rotatable bonds is 3. The Bertz CT molecular complexity index is 447. The lowest BCUT2D eigenvalue weighted by molar-refractivity contribution is 0.0215. The molecular weight excluding hydrogens is 264 g/mol. The number of hydrogen-bond donors (Lipinski definition) is 1. The van der Waals surface area contributed by atoms with Crippen molar-refractivity contribution in [1.29, 1.82) is 0 Å². The molecule has 1 aromatic heterocycles. The maximum absolute atomic E-state index is 10.3. The molecule has 1 aliphatic heterocycles. The molecule has 1 N–H and O–H groups in total. The summed E-state index contributed by atoms with van der Waals surface area (Å²) in [5, 5.41) is 14.5. The molecule has 1 saturated heterocycles. The summed E-state index contributed by atoms with van der Waals surface area (Å²) in [7, 11) is 1.97. The molecule has 21 heavy (non-hydrogen) atoms. The van der Waals surface area contributed by atoms with E-state index in [2.05, 4.69) is 21.1 Å². The van der Waals surface area contributed by atoms with Gasteiger partial charge in [-0.25, -0.2) is 0 Å². The molecule has 5 nitrogen and oxygen atoms in total. The van der Waals surface area contributed by atoms with Gasteiger partial charge >= 0.3 is 0 Å². The molecule has 0 bridgehead atoms. The summed E-state index contributed by atoms with van der Waals surface area (Å²) < 4.78 is 1.87.